The molecule has 0 atom stereocenters. The van der Waals surface area contributed by atoms with Crippen LogP contribution >= 0.6 is 0 Å². The van der Waals surface area contributed by atoms with Gasteiger partial charge in [0.15, 0.2) is 0 Å². The number of hydrazine groups is 1. The maximum atomic E-state index is 12.1. The Hall–Kier alpha value is -2.41. The van der Waals surface area contributed by atoms with Crippen LogP contribution in [0.5, 0.6) is 0 Å². The number of carbonyl (C=O) groups excluding carboxylic acids is 1. The lowest BCUT2D eigenvalue weighted by atomic mass is 10.2. The Kier molecular flexibility index (Phi) is 3.76. The molecule has 2 rings (SSSR count). The van der Waals surface area contributed by atoms with Gasteiger partial charge in [0, 0.05) is 24.5 Å². The summed E-state index contributed by atoms with van der Waals surface area (Å²) < 4.78 is 1.62. The van der Waals surface area contributed by atoms with Gasteiger partial charge >= 0.3 is 0 Å². The molecule has 2 aromatic heterocycles. The topological polar surface area (TPSA) is 97.9 Å². The Morgan fingerprint density at radius 1 is 1.47 bits per heavy atom. The summed E-state index contributed by atoms with van der Waals surface area (Å²) in [7, 11) is 1.79. The highest BCUT2D eigenvalue weighted by Gasteiger charge is 2.10. The number of nitrogens with zero attached hydrogens (tertiary/aromatic N) is 3. The third-order valence-electron chi connectivity index (χ3n) is 2.61. The van der Waals surface area contributed by atoms with E-state index >= 15 is 0 Å². The normalized spacial score (nSPS) is 10.3. The molecule has 100 valence electrons. The number of pyridine rings is 1. The molecule has 0 saturated carbocycles. The van der Waals surface area contributed by atoms with Crippen LogP contribution in [0.4, 0.5) is 11.5 Å². The van der Waals surface area contributed by atoms with E-state index in [1.165, 1.54) is 0 Å². The summed E-state index contributed by atoms with van der Waals surface area (Å²) in [5.41, 5.74) is 4.40. The third kappa shape index (κ3) is 3.08. The lowest BCUT2D eigenvalue weighted by Crippen LogP contribution is -2.15. The number of nitrogens with two attached hydrogens (primary N) is 1. The third-order valence-corrected chi connectivity index (χ3v) is 2.61. The first kappa shape index (κ1) is 13.0. The second kappa shape index (κ2) is 5.49. The van der Waals surface area contributed by atoms with Gasteiger partial charge in [0.25, 0.3) is 5.91 Å². The standard InChI is InChI=1S/C12H16N6O/c1-3-9-4-8(5-11(15-9)17-13)12(19)16-10-6-14-18(2)7-10/h4-7H,3,13H2,1-2H3,(H,15,17)(H,16,19). The van der Waals surface area contributed by atoms with Crippen LogP contribution in [0, 0.1) is 0 Å². The SMILES string of the molecule is CCc1cc(C(=O)Nc2cnn(C)c2)cc(NN)n1. The van der Waals surface area contributed by atoms with Gasteiger partial charge < -0.3 is 10.7 Å². The molecule has 0 radical (unpaired) electrons. The van der Waals surface area contributed by atoms with E-state index in [4.69, 9.17) is 5.84 Å². The number of nitrogens with one attached hydrogen (secondary N) is 2. The molecule has 2 aromatic rings. The minimum absolute atomic E-state index is 0.221. The smallest absolute Gasteiger partial charge is 0.255 e. The number of carbonyl (C=O) groups is 1. The van der Waals surface area contributed by atoms with Gasteiger partial charge in [-0.3, -0.25) is 9.48 Å². The first-order chi connectivity index (χ1) is 9.12. The van der Waals surface area contributed by atoms with Crippen molar-refractivity contribution in [2.75, 3.05) is 10.7 Å². The molecule has 0 aromatic carbocycles. The summed E-state index contributed by atoms with van der Waals surface area (Å²) in [6.07, 6.45) is 4.03. The Labute approximate surface area is 110 Å². The molecule has 2 heterocycles. The molecule has 0 aliphatic heterocycles. The van der Waals surface area contributed by atoms with E-state index in [9.17, 15) is 4.79 Å². The monoisotopic (exact) mass is 260 g/mol. The highest BCUT2D eigenvalue weighted by Crippen LogP contribution is 2.13. The fraction of sp³-hybridized carbons (Fsp3) is 0.250. The maximum absolute atomic E-state index is 12.1. The average molecular weight is 260 g/mol. The minimum atomic E-state index is -0.221. The lowest BCUT2D eigenvalue weighted by Gasteiger charge is -2.07. The van der Waals surface area contributed by atoms with Crippen LogP contribution in [0.25, 0.3) is 0 Å². The van der Waals surface area contributed by atoms with Crippen LogP contribution in [-0.2, 0) is 13.5 Å². The van der Waals surface area contributed by atoms with Crippen LogP contribution in [0.3, 0.4) is 0 Å². The van der Waals surface area contributed by atoms with Crippen LogP contribution in [0.1, 0.15) is 23.0 Å². The number of rotatable bonds is 4. The Morgan fingerprint density at radius 2 is 2.26 bits per heavy atom. The Balaban J connectivity index is 2.22. The van der Waals surface area contributed by atoms with Crippen LogP contribution in [-0.4, -0.2) is 20.7 Å². The van der Waals surface area contributed by atoms with Crippen molar-refractivity contribution in [1.29, 1.82) is 0 Å². The van der Waals surface area contributed by atoms with Gasteiger partial charge in [-0.25, -0.2) is 10.8 Å². The van der Waals surface area contributed by atoms with Crippen molar-refractivity contribution in [3.05, 3.63) is 35.8 Å². The van der Waals surface area contributed by atoms with E-state index in [1.54, 1.807) is 36.3 Å². The number of anilines is 2. The maximum Gasteiger partial charge on any atom is 0.255 e. The van der Waals surface area contributed by atoms with Crippen molar-refractivity contribution in [3.8, 4) is 0 Å². The van der Waals surface area contributed by atoms with Crippen LogP contribution < -0.4 is 16.6 Å². The second-order valence-corrected chi connectivity index (χ2v) is 4.09. The molecule has 7 heteroatoms. The van der Waals surface area contributed by atoms with Crippen LogP contribution in [0.15, 0.2) is 24.5 Å². The van der Waals surface area contributed by atoms with Crippen molar-refractivity contribution in [2.45, 2.75) is 13.3 Å². The highest BCUT2D eigenvalue weighted by atomic mass is 16.1. The van der Waals surface area contributed by atoms with Gasteiger partial charge in [-0.05, 0) is 18.6 Å². The molecule has 0 bridgehead atoms. The molecule has 19 heavy (non-hydrogen) atoms. The molecule has 1 amide bonds. The summed E-state index contributed by atoms with van der Waals surface area (Å²) in [6, 6.07) is 3.34. The largest absolute Gasteiger partial charge is 0.319 e. The van der Waals surface area contributed by atoms with Gasteiger partial charge in [-0.1, -0.05) is 6.92 Å². The number of hydrogen-bond donors (Lipinski definition) is 3. The number of hydrogen-bond acceptors (Lipinski definition) is 5. The fourth-order valence-electron chi connectivity index (χ4n) is 1.66. The zero-order valence-electron chi connectivity index (χ0n) is 10.8. The first-order valence-corrected chi connectivity index (χ1v) is 5.90. The average Bonchev–Trinajstić information content (AvgIpc) is 2.83. The van der Waals surface area contributed by atoms with Gasteiger partial charge in [0.05, 0.1) is 11.9 Å². The molecule has 0 unspecified atom stereocenters. The molecule has 0 fully saturated rings. The first-order valence-electron chi connectivity index (χ1n) is 5.90. The van der Waals surface area contributed by atoms with E-state index in [0.29, 0.717) is 17.1 Å². The number of amides is 1. The molecule has 7 nitrogen and oxygen atoms in total. The summed E-state index contributed by atoms with van der Waals surface area (Å²) in [5, 5.41) is 6.75. The molecule has 0 saturated heterocycles. The number of nitrogen functional groups attached to an aromatic ring is 1. The number of aryl methyl sites for hydroxylation is 2. The quantitative estimate of drug-likeness (QED) is 0.561. The molecular formula is C12H16N6O. The molecule has 4 N–H and O–H groups in total. The summed E-state index contributed by atoms with van der Waals surface area (Å²) in [5.74, 6) is 5.59. The fourth-order valence-corrected chi connectivity index (χ4v) is 1.66. The van der Waals surface area contributed by atoms with Crippen molar-refractivity contribution in [3.63, 3.8) is 0 Å². The summed E-state index contributed by atoms with van der Waals surface area (Å²) >= 11 is 0. The summed E-state index contributed by atoms with van der Waals surface area (Å²) in [6.45, 7) is 1.96. The highest BCUT2D eigenvalue weighted by molar-refractivity contribution is 6.04. The van der Waals surface area contributed by atoms with E-state index in [-0.39, 0.29) is 5.91 Å². The Morgan fingerprint density at radius 3 is 2.84 bits per heavy atom. The van der Waals surface area contributed by atoms with Crippen LogP contribution in [0.2, 0.25) is 0 Å². The van der Waals surface area contributed by atoms with E-state index in [2.05, 4.69) is 20.8 Å². The van der Waals surface area contributed by atoms with Gasteiger partial charge in [0.1, 0.15) is 5.82 Å². The van der Waals surface area contributed by atoms with Gasteiger partial charge in [-0.2, -0.15) is 5.10 Å². The van der Waals surface area contributed by atoms with Gasteiger partial charge in [0.2, 0.25) is 0 Å². The predicted octanol–water partition coefficient (Wildman–Crippen LogP) is 0.915. The minimum Gasteiger partial charge on any atom is -0.319 e. The lowest BCUT2D eigenvalue weighted by molar-refractivity contribution is 0.102. The van der Waals surface area contributed by atoms with Crippen molar-refractivity contribution in [1.82, 2.24) is 14.8 Å². The summed E-state index contributed by atoms with van der Waals surface area (Å²) in [4.78, 5) is 16.3. The molecular weight excluding hydrogens is 244 g/mol. The molecule has 0 spiro atoms. The van der Waals surface area contributed by atoms with Crippen molar-refractivity contribution < 1.29 is 4.79 Å². The molecule has 0 aliphatic carbocycles. The Bertz CT molecular complexity index is 569. The van der Waals surface area contributed by atoms with E-state index in [0.717, 1.165) is 12.1 Å². The van der Waals surface area contributed by atoms with Gasteiger partial charge in [-0.15, -0.1) is 0 Å². The van der Waals surface area contributed by atoms with E-state index < -0.39 is 0 Å². The van der Waals surface area contributed by atoms with Crippen molar-refractivity contribution >= 4 is 17.4 Å². The van der Waals surface area contributed by atoms with Crippen molar-refractivity contribution in [2.24, 2.45) is 12.9 Å². The van der Waals surface area contributed by atoms with E-state index in [1.807, 2.05) is 6.92 Å². The number of aromatic nitrogens is 3. The predicted molar refractivity (Wildman–Crippen MR) is 72.6 cm³/mol. The second-order valence-electron chi connectivity index (χ2n) is 4.09. The zero-order chi connectivity index (χ0) is 13.8. The molecule has 0 aliphatic rings. The zero-order valence-corrected chi connectivity index (χ0v) is 10.8.